The fourth-order valence-electron chi connectivity index (χ4n) is 5.21. The smallest absolute Gasteiger partial charge is 0.404 e. The molecule has 0 radical (unpaired) electrons. The molecule has 2 fully saturated rings. The Morgan fingerprint density at radius 2 is 1.83 bits per heavy atom. The van der Waals surface area contributed by atoms with Gasteiger partial charge in [-0.3, -0.25) is 4.79 Å². The Bertz CT molecular complexity index is 1060. The predicted octanol–water partition coefficient (Wildman–Crippen LogP) is 5.88. The summed E-state index contributed by atoms with van der Waals surface area (Å²) in [7, 11) is 0. The third kappa shape index (κ3) is 6.32. The number of aromatic nitrogens is 1. The third-order valence-corrected chi connectivity index (χ3v) is 8.03. The van der Waals surface area contributed by atoms with Crippen LogP contribution in [0.5, 0.6) is 5.88 Å². The quantitative estimate of drug-likeness (QED) is 0.477. The number of pyridine rings is 1. The van der Waals surface area contributed by atoms with Gasteiger partial charge in [0, 0.05) is 49.1 Å². The fraction of sp³-hybridized carbons (Fsp3) is 0.480. The number of ether oxygens (including phenoxy) is 1. The number of amides is 2. The first-order valence-corrected chi connectivity index (χ1v) is 12.9. The minimum atomic E-state index is -1.02. The van der Waals surface area contributed by atoms with Crippen LogP contribution in [0.3, 0.4) is 0 Å². The molecule has 1 aromatic heterocycles. The number of halogens is 3. The van der Waals surface area contributed by atoms with Gasteiger partial charge in [0.1, 0.15) is 6.10 Å². The van der Waals surface area contributed by atoms with Crippen molar-refractivity contribution in [3.63, 3.8) is 0 Å². The molecule has 2 heterocycles. The Kier molecular flexibility index (Phi) is 8.30. The Hall–Kier alpha value is -2.22. The average Bonchev–Trinajstić information content (AvgIpc) is 3.28. The lowest BCUT2D eigenvalue weighted by Crippen LogP contribution is -2.41. The number of carboxylic acid groups (broad SMARTS) is 1. The standard InChI is InChI=1S/C25H28Cl3N3O4/c1-14(35-23-9-5-17(26)11-29-23)19-12-31(13-20(19)16-4-8-21(27)22(28)10-16)24(32)15-2-6-18(7-3-15)30-25(33)34/h4-5,8-11,14-15,18-20,30H,2-3,6-7,12-13H2,1H3,(H,33,34). The summed E-state index contributed by atoms with van der Waals surface area (Å²) in [4.78, 5) is 30.6. The van der Waals surface area contributed by atoms with Crippen molar-refractivity contribution in [1.82, 2.24) is 15.2 Å². The van der Waals surface area contributed by atoms with Crippen LogP contribution in [0.4, 0.5) is 4.79 Å². The van der Waals surface area contributed by atoms with Crippen LogP contribution in [0.25, 0.3) is 0 Å². The number of carbonyl (C=O) groups is 2. The first-order valence-electron chi connectivity index (χ1n) is 11.7. The number of likely N-dealkylation sites (tertiary alicyclic amines) is 1. The molecule has 4 rings (SSSR count). The molecule has 3 atom stereocenters. The van der Waals surface area contributed by atoms with Crippen LogP contribution >= 0.6 is 34.8 Å². The highest BCUT2D eigenvalue weighted by Gasteiger charge is 2.42. The summed E-state index contributed by atoms with van der Waals surface area (Å²) >= 11 is 18.4. The summed E-state index contributed by atoms with van der Waals surface area (Å²) in [5, 5.41) is 13.0. The number of carbonyl (C=O) groups excluding carboxylic acids is 1. The van der Waals surface area contributed by atoms with Gasteiger partial charge < -0.3 is 20.1 Å². The number of hydrogen-bond donors (Lipinski definition) is 2. The first kappa shape index (κ1) is 25.9. The molecule has 0 spiro atoms. The first-order chi connectivity index (χ1) is 16.7. The molecule has 1 aliphatic carbocycles. The predicted molar refractivity (Wildman–Crippen MR) is 136 cm³/mol. The lowest BCUT2D eigenvalue weighted by molar-refractivity contribution is -0.135. The van der Waals surface area contributed by atoms with E-state index in [0.717, 1.165) is 5.56 Å². The van der Waals surface area contributed by atoms with E-state index in [9.17, 15) is 9.59 Å². The fourth-order valence-corrected chi connectivity index (χ4v) is 5.63. The van der Waals surface area contributed by atoms with Crippen LogP contribution in [-0.4, -0.2) is 52.2 Å². The second-order valence-corrected chi connectivity index (χ2v) is 10.6. The summed E-state index contributed by atoms with van der Waals surface area (Å²) in [5.41, 5.74) is 1.01. The van der Waals surface area contributed by atoms with Gasteiger partial charge >= 0.3 is 6.09 Å². The third-order valence-electron chi connectivity index (χ3n) is 7.06. The summed E-state index contributed by atoms with van der Waals surface area (Å²) in [5.74, 6) is 0.510. The topological polar surface area (TPSA) is 91.8 Å². The van der Waals surface area contributed by atoms with Crippen molar-refractivity contribution in [2.45, 2.75) is 50.7 Å². The van der Waals surface area contributed by atoms with Gasteiger partial charge in [0.15, 0.2) is 0 Å². The van der Waals surface area contributed by atoms with Gasteiger partial charge in [-0.2, -0.15) is 0 Å². The van der Waals surface area contributed by atoms with E-state index in [0.29, 0.717) is 59.7 Å². The number of hydrogen-bond acceptors (Lipinski definition) is 4. The lowest BCUT2D eigenvalue weighted by atomic mass is 9.85. The van der Waals surface area contributed by atoms with E-state index in [2.05, 4.69) is 10.3 Å². The Labute approximate surface area is 219 Å². The molecular weight excluding hydrogens is 513 g/mol. The zero-order valence-corrected chi connectivity index (χ0v) is 21.6. The van der Waals surface area contributed by atoms with Gasteiger partial charge in [-0.1, -0.05) is 40.9 Å². The largest absolute Gasteiger partial charge is 0.474 e. The minimum absolute atomic E-state index is 0.0127. The molecule has 1 aliphatic heterocycles. The van der Waals surface area contributed by atoms with Crippen molar-refractivity contribution in [3.05, 3.63) is 57.2 Å². The normalized spacial score (nSPS) is 25.2. The van der Waals surface area contributed by atoms with Crippen molar-refractivity contribution in [1.29, 1.82) is 0 Å². The molecule has 35 heavy (non-hydrogen) atoms. The van der Waals surface area contributed by atoms with Crippen LogP contribution in [0.1, 0.15) is 44.1 Å². The number of benzene rings is 1. The number of nitrogens with one attached hydrogen (secondary N) is 1. The van der Waals surface area contributed by atoms with E-state index in [1.54, 1.807) is 24.4 Å². The lowest BCUT2D eigenvalue weighted by Gasteiger charge is -2.30. The van der Waals surface area contributed by atoms with Crippen LogP contribution in [0.2, 0.25) is 15.1 Å². The van der Waals surface area contributed by atoms with Crippen molar-refractivity contribution in [3.8, 4) is 5.88 Å². The van der Waals surface area contributed by atoms with E-state index in [1.165, 1.54) is 0 Å². The monoisotopic (exact) mass is 539 g/mol. The summed E-state index contributed by atoms with van der Waals surface area (Å²) < 4.78 is 6.15. The maximum absolute atomic E-state index is 13.5. The molecule has 2 aliphatic rings. The van der Waals surface area contributed by atoms with Crippen molar-refractivity contribution in [2.24, 2.45) is 11.8 Å². The van der Waals surface area contributed by atoms with Gasteiger partial charge in [-0.05, 0) is 56.4 Å². The summed E-state index contributed by atoms with van der Waals surface area (Å²) in [6, 6.07) is 8.97. The highest BCUT2D eigenvalue weighted by Crippen LogP contribution is 2.39. The Morgan fingerprint density at radius 1 is 1.09 bits per heavy atom. The summed E-state index contributed by atoms with van der Waals surface area (Å²) in [6.45, 7) is 3.09. The van der Waals surface area contributed by atoms with Crippen LogP contribution in [0.15, 0.2) is 36.5 Å². The molecule has 188 valence electrons. The van der Waals surface area contributed by atoms with Crippen molar-refractivity contribution in [2.75, 3.05) is 13.1 Å². The van der Waals surface area contributed by atoms with Crippen molar-refractivity contribution < 1.29 is 19.4 Å². The van der Waals surface area contributed by atoms with Crippen LogP contribution in [0, 0.1) is 11.8 Å². The molecule has 2 aromatic rings. The minimum Gasteiger partial charge on any atom is -0.474 e. The maximum Gasteiger partial charge on any atom is 0.404 e. The van der Waals surface area contributed by atoms with Gasteiger partial charge in [0.05, 0.1) is 15.1 Å². The Balaban J connectivity index is 1.49. The SMILES string of the molecule is CC(Oc1ccc(Cl)cn1)C1CN(C(=O)C2CCC(NC(=O)O)CC2)CC1c1ccc(Cl)c(Cl)c1. The maximum atomic E-state index is 13.5. The average molecular weight is 541 g/mol. The van der Waals surface area contributed by atoms with Gasteiger partial charge in [-0.25, -0.2) is 9.78 Å². The molecule has 1 saturated carbocycles. The van der Waals surface area contributed by atoms with Gasteiger partial charge in [0.25, 0.3) is 0 Å². The molecule has 3 unspecified atom stereocenters. The van der Waals surface area contributed by atoms with E-state index in [-0.39, 0.29) is 35.8 Å². The van der Waals surface area contributed by atoms with E-state index in [4.69, 9.17) is 44.6 Å². The molecule has 7 nitrogen and oxygen atoms in total. The molecule has 2 amide bonds. The number of rotatable bonds is 6. The van der Waals surface area contributed by atoms with Crippen LogP contribution in [-0.2, 0) is 4.79 Å². The molecule has 0 bridgehead atoms. The molecule has 1 saturated heterocycles. The summed E-state index contributed by atoms with van der Waals surface area (Å²) in [6.07, 6.45) is 2.97. The molecular formula is C25H28Cl3N3O4. The van der Waals surface area contributed by atoms with E-state index in [1.807, 2.05) is 24.0 Å². The van der Waals surface area contributed by atoms with E-state index >= 15 is 0 Å². The van der Waals surface area contributed by atoms with Gasteiger partial charge in [-0.15, -0.1) is 0 Å². The highest BCUT2D eigenvalue weighted by atomic mass is 35.5. The zero-order valence-electron chi connectivity index (χ0n) is 19.3. The van der Waals surface area contributed by atoms with E-state index < -0.39 is 6.09 Å². The van der Waals surface area contributed by atoms with Crippen LogP contribution < -0.4 is 10.1 Å². The Morgan fingerprint density at radius 3 is 2.46 bits per heavy atom. The second kappa shape index (κ2) is 11.2. The zero-order chi connectivity index (χ0) is 25.1. The molecule has 2 N–H and O–H groups in total. The van der Waals surface area contributed by atoms with Crippen molar-refractivity contribution >= 4 is 46.8 Å². The second-order valence-electron chi connectivity index (χ2n) is 9.32. The van der Waals surface area contributed by atoms with Gasteiger partial charge in [0.2, 0.25) is 11.8 Å². The highest BCUT2D eigenvalue weighted by molar-refractivity contribution is 6.42. The number of nitrogens with zero attached hydrogens (tertiary/aromatic N) is 2. The molecule has 1 aromatic carbocycles. The molecule has 10 heteroatoms.